The van der Waals surface area contributed by atoms with Gasteiger partial charge in [0.15, 0.2) is 5.13 Å². The molecule has 2 rings (SSSR count). The van der Waals surface area contributed by atoms with Crippen molar-refractivity contribution >= 4 is 22.4 Å². The minimum absolute atomic E-state index is 0.178. The summed E-state index contributed by atoms with van der Waals surface area (Å²) < 4.78 is 38.7. The van der Waals surface area contributed by atoms with E-state index < -0.39 is 24.6 Å². The van der Waals surface area contributed by atoms with Gasteiger partial charge in [-0.05, 0) is 0 Å². The van der Waals surface area contributed by atoms with E-state index in [9.17, 15) is 18.0 Å². The van der Waals surface area contributed by atoms with Gasteiger partial charge in [0.25, 0.3) is 0 Å². The molecule has 0 aromatic carbocycles. The molecule has 1 N–H and O–H groups in total. The average Bonchev–Trinajstić information content (AvgIpc) is 2.88. The predicted molar refractivity (Wildman–Crippen MR) is 68.0 cm³/mol. The fraction of sp³-hybridized carbons (Fsp3) is 0.636. The van der Waals surface area contributed by atoms with E-state index >= 15 is 0 Å². The largest absolute Gasteiger partial charge is 0.481 e. The molecule has 1 aliphatic rings. The molecule has 1 atom stereocenters. The van der Waals surface area contributed by atoms with Crippen molar-refractivity contribution in [1.29, 1.82) is 0 Å². The number of carboxylic acid groups (broad SMARTS) is 1. The maximum Gasteiger partial charge on any atom is 0.404 e. The topological polar surface area (TPSA) is 56.7 Å². The Bertz CT molecular complexity index is 444. The number of halogens is 3. The molecule has 0 bridgehead atoms. The number of alkyl halides is 3. The molecule has 0 aliphatic carbocycles. The van der Waals surface area contributed by atoms with Crippen LogP contribution in [0, 0.1) is 0 Å². The van der Waals surface area contributed by atoms with Gasteiger partial charge in [-0.25, -0.2) is 4.98 Å². The summed E-state index contributed by atoms with van der Waals surface area (Å²) in [7, 11) is 0. The Morgan fingerprint density at radius 2 is 2.05 bits per heavy atom. The van der Waals surface area contributed by atoms with E-state index in [4.69, 9.17) is 5.11 Å². The lowest BCUT2D eigenvalue weighted by atomic mass is 10.1. The van der Waals surface area contributed by atoms with E-state index in [0.29, 0.717) is 13.1 Å². The van der Waals surface area contributed by atoms with Crippen molar-refractivity contribution in [1.82, 2.24) is 9.88 Å². The van der Waals surface area contributed by atoms with Gasteiger partial charge >= 0.3 is 12.1 Å². The number of anilines is 1. The fourth-order valence-electron chi connectivity index (χ4n) is 2.21. The lowest BCUT2D eigenvalue weighted by Crippen LogP contribution is -2.55. The van der Waals surface area contributed by atoms with Crippen molar-refractivity contribution in [2.75, 3.05) is 31.1 Å². The maximum absolute atomic E-state index is 12.9. The summed E-state index contributed by atoms with van der Waals surface area (Å²) in [6, 6.07) is -1.92. The summed E-state index contributed by atoms with van der Waals surface area (Å²) in [5.74, 6) is -1.44. The zero-order chi connectivity index (χ0) is 14.8. The molecule has 1 aliphatic heterocycles. The molecule has 0 spiro atoms. The first-order chi connectivity index (χ1) is 9.38. The van der Waals surface area contributed by atoms with Crippen LogP contribution < -0.4 is 4.90 Å². The van der Waals surface area contributed by atoms with Crippen molar-refractivity contribution in [2.24, 2.45) is 0 Å². The number of aromatic nitrogens is 1. The van der Waals surface area contributed by atoms with Gasteiger partial charge in [0.2, 0.25) is 0 Å². The molecule has 0 saturated carbocycles. The quantitative estimate of drug-likeness (QED) is 0.917. The van der Waals surface area contributed by atoms with Crippen LogP contribution >= 0.6 is 11.3 Å². The Morgan fingerprint density at radius 1 is 1.40 bits per heavy atom. The molecule has 1 saturated heterocycles. The van der Waals surface area contributed by atoms with Gasteiger partial charge in [-0.15, -0.1) is 11.3 Å². The summed E-state index contributed by atoms with van der Waals surface area (Å²) >= 11 is 1.44. The van der Waals surface area contributed by atoms with Crippen molar-refractivity contribution < 1.29 is 23.1 Å². The molecule has 1 unspecified atom stereocenters. The molecular formula is C11H14F3N3O2S. The Balaban J connectivity index is 1.98. The Hall–Kier alpha value is -1.35. The number of piperazine rings is 1. The highest BCUT2D eigenvalue weighted by molar-refractivity contribution is 7.13. The number of hydrogen-bond donors (Lipinski definition) is 1. The third-order valence-corrected chi connectivity index (χ3v) is 4.02. The zero-order valence-corrected chi connectivity index (χ0v) is 11.3. The highest BCUT2D eigenvalue weighted by Crippen LogP contribution is 2.29. The molecule has 5 nitrogen and oxygen atoms in total. The number of rotatable bonds is 4. The summed E-state index contributed by atoms with van der Waals surface area (Å²) in [6.45, 7) is 1.19. The number of carbonyl (C=O) groups is 1. The predicted octanol–water partition coefficient (Wildman–Crippen LogP) is 1.67. The molecule has 9 heteroatoms. The molecule has 1 aromatic rings. The Kier molecular flexibility index (Phi) is 4.48. The number of carboxylic acids is 1. The molecule has 1 aromatic heterocycles. The summed E-state index contributed by atoms with van der Waals surface area (Å²) in [5, 5.41) is 11.2. The van der Waals surface area contributed by atoms with Crippen LogP contribution in [0.4, 0.5) is 18.3 Å². The van der Waals surface area contributed by atoms with Crippen LogP contribution in [0.2, 0.25) is 0 Å². The maximum atomic E-state index is 12.9. The highest BCUT2D eigenvalue weighted by Gasteiger charge is 2.45. The van der Waals surface area contributed by atoms with E-state index in [-0.39, 0.29) is 13.1 Å². The van der Waals surface area contributed by atoms with Gasteiger partial charge in [-0.2, -0.15) is 13.2 Å². The molecule has 112 valence electrons. The van der Waals surface area contributed by atoms with E-state index in [1.165, 1.54) is 16.2 Å². The second-order valence-corrected chi connectivity index (χ2v) is 5.37. The van der Waals surface area contributed by atoms with Crippen molar-refractivity contribution in [3.05, 3.63) is 11.6 Å². The van der Waals surface area contributed by atoms with Crippen LogP contribution in [0.1, 0.15) is 6.42 Å². The summed E-state index contributed by atoms with van der Waals surface area (Å²) in [6.07, 6.45) is -3.79. The first kappa shape index (κ1) is 15.0. The average molecular weight is 309 g/mol. The van der Waals surface area contributed by atoms with Gasteiger partial charge in [-0.3, -0.25) is 9.69 Å². The number of thiazole rings is 1. The van der Waals surface area contributed by atoms with Crippen LogP contribution in [-0.2, 0) is 4.79 Å². The van der Waals surface area contributed by atoms with E-state index in [2.05, 4.69) is 4.98 Å². The Labute approximate surface area is 117 Å². The van der Waals surface area contributed by atoms with Crippen LogP contribution in [0.3, 0.4) is 0 Å². The molecule has 20 heavy (non-hydrogen) atoms. The first-order valence-electron chi connectivity index (χ1n) is 6.05. The van der Waals surface area contributed by atoms with Crippen LogP contribution in [0.25, 0.3) is 0 Å². The van der Waals surface area contributed by atoms with E-state index in [1.54, 1.807) is 6.20 Å². The minimum atomic E-state index is -4.53. The molecule has 0 amide bonds. The van der Waals surface area contributed by atoms with Crippen molar-refractivity contribution in [2.45, 2.75) is 18.6 Å². The SMILES string of the molecule is O=C(O)CC(N1CCN(c2nccs2)CC1)C(F)(F)F. The van der Waals surface area contributed by atoms with Gasteiger partial charge < -0.3 is 10.0 Å². The van der Waals surface area contributed by atoms with Gasteiger partial charge in [0.05, 0.1) is 6.42 Å². The molecule has 2 heterocycles. The first-order valence-corrected chi connectivity index (χ1v) is 6.93. The summed E-state index contributed by atoms with van der Waals surface area (Å²) in [4.78, 5) is 17.8. The lowest BCUT2D eigenvalue weighted by molar-refractivity contribution is -0.191. The second-order valence-electron chi connectivity index (χ2n) is 4.49. The molecule has 0 radical (unpaired) electrons. The van der Waals surface area contributed by atoms with Gasteiger partial charge in [0, 0.05) is 37.8 Å². The lowest BCUT2D eigenvalue weighted by Gasteiger charge is -2.39. The Morgan fingerprint density at radius 3 is 2.50 bits per heavy atom. The normalized spacial score (nSPS) is 19.1. The fourth-order valence-corrected chi connectivity index (χ4v) is 2.91. The molecular weight excluding hydrogens is 295 g/mol. The third kappa shape index (κ3) is 3.60. The monoisotopic (exact) mass is 309 g/mol. The highest BCUT2D eigenvalue weighted by atomic mass is 32.1. The smallest absolute Gasteiger partial charge is 0.404 e. The molecule has 1 fully saturated rings. The van der Waals surface area contributed by atoms with Crippen LogP contribution in [0.5, 0.6) is 0 Å². The van der Waals surface area contributed by atoms with Gasteiger partial charge in [-0.1, -0.05) is 0 Å². The van der Waals surface area contributed by atoms with Crippen molar-refractivity contribution in [3.8, 4) is 0 Å². The number of aliphatic carboxylic acids is 1. The van der Waals surface area contributed by atoms with Crippen LogP contribution in [-0.4, -0.2) is 59.4 Å². The number of hydrogen-bond acceptors (Lipinski definition) is 5. The third-order valence-electron chi connectivity index (χ3n) is 3.19. The van der Waals surface area contributed by atoms with Gasteiger partial charge in [0.1, 0.15) is 6.04 Å². The second kappa shape index (κ2) is 5.96. The van der Waals surface area contributed by atoms with Crippen molar-refractivity contribution in [3.63, 3.8) is 0 Å². The summed E-state index contributed by atoms with van der Waals surface area (Å²) in [5.41, 5.74) is 0. The minimum Gasteiger partial charge on any atom is -0.481 e. The van der Waals surface area contributed by atoms with E-state index in [0.717, 1.165) is 5.13 Å². The number of nitrogens with zero attached hydrogens (tertiary/aromatic N) is 3. The van der Waals surface area contributed by atoms with E-state index in [1.807, 2.05) is 10.3 Å². The zero-order valence-electron chi connectivity index (χ0n) is 10.5. The standard InChI is InChI=1S/C11H14F3N3O2S/c12-11(13,14)8(7-9(18)19)16-2-4-17(5-3-16)10-15-1-6-20-10/h1,6,8H,2-5,7H2,(H,18,19). The van der Waals surface area contributed by atoms with Crippen LogP contribution in [0.15, 0.2) is 11.6 Å².